The van der Waals surface area contributed by atoms with Gasteiger partial charge in [0.05, 0.1) is 24.0 Å². The third-order valence-electron chi connectivity index (χ3n) is 4.36. The van der Waals surface area contributed by atoms with Gasteiger partial charge in [0.1, 0.15) is 5.82 Å². The number of halogens is 1. The van der Waals surface area contributed by atoms with Crippen molar-refractivity contribution in [1.82, 2.24) is 15.0 Å². The Hall–Kier alpha value is -2.70. The molecule has 1 aromatic carbocycles. The van der Waals surface area contributed by atoms with E-state index in [0.29, 0.717) is 29.0 Å². The van der Waals surface area contributed by atoms with Gasteiger partial charge in [0.25, 0.3) is 0 Å². The monoisotopic (exact) mass is 397 g/mol. The Morgan fingerprint density at radius 3 is 2.46 bits per heavy atom. The van der Waals surface area contributed by atoms with E-state index in [-0.39, 0.29) is 18.6 Å². The van der Waals surface area contributed by atoms with Gasteiger partial charge >= 0.3 is 0 Å². The molecular formula is C21H24ClN5O. The minimum Gasteiger partial charge on any atom is -0.394 e. The SMILES string of the molecule is CC(C)[C@@H](CO)Nc1nc(NCc2ccc(Cl)cc2)cc(-c2ccccn2)n1. The molecule has 28 heavy (non-hydrogen) atoms. The summed E-state index contributed by atoms with van der Waals surface area (Å²) in [4.78, 5) is 13.5. The Kier molecular flexibility index (Phi) is 6.79. The summed E-state index contributed by atoms with van der Waals surface area (Å²) in [6, 6.07) is 15.1. The number of aliphatic hydroxyl groups is 1. The van der Waals surface area contributed by atoms with E-state index in [1.165, 1.54) is 0 Å². The lowest BCUT2D eigenvalue weighted by molar-refractivity contribution is 0.248. The minimum absolute atomic E-state index is 0.00236. The quantitative estimate of drug-likeness (QED) is 0.527. The number of hydrogen-bond donors (Lipinski definition) is 3. The lowest BCUT2D eigenvalue weighted by Gasteiger charge is -2.20. The number of benzene rings is 1. The second kappa shape index (κ2) is 9.48. The van der Waals surface area contributed by atoms with Crippen molar-refractivity contribution >= 4 is 23.4 Å². The zero-order valence-corrected chi connectivity index (χ0v) is 16.7. The standard InChI is InChI=1S/C21H24ClN5O/c1-14(2)19(13-28)26-21-25-18(17-5-3-4-10-23-17)11-20(27-21)24-12-15-6-8-16(22)9-7-15/h3-11,14,19,28H,12-13H2,1-2H3,(H2,24,25,26,27)/t19-/m1/s1. The highest BCUT2D eigenvalue weighted by Crippen LogP contribution is 2.21. The van der Waals surface area contributed by atoms with E-state index in [2.05, 4.69) is 25.6 Å². The zero-order chi connectivity index (χ0) is 19.9. The third-order valence-corrected chi connectivity index (χ3v) is 4.61. The van der Waals surface area contributed by atoms with E-state index in [0.717, 1.165) is 11.3 Å². The predicted molar refractivity (Wildman–Crippen MR) is 113 cm³/mol. The van der Waals surface area contributed by atoms with Crippen LogP contribution in [0.2, 0.25) is 5.02 Å². The average Bonchev–Trinajstić information content (AvgIpc) is 2.72. The molecule has 7 heteroatoms. The Morgan fingerprint density at radius 2 is 1.82 bits per heavy atom. The Labute approximate surface area is 170 Å². The van der Waals surface area contributed by atoms with Crippen LogP contribution in [0.1, 0.15) is 19.4 Å². The number of pyridine rings is 1. The first-order chi connectivity index (χ1) is 13.5. The zero-order valence-electron chi connectivity index (χ0n) is 15.9. The summed E-state index contributed by atoms with van der Waals surface area (Å²) in [7, 11) is 0. The summed E-state index contributed by atoms with van der Waals surface area (Å²) >= 11 is 5.95. The first-order valence-corrected chi connectivity index (χ1v) is 9.59. The second-order valence-corrected chi connectivity index (χ2v) is 7.27. The maximum atomic E-state index is 9.63. The van der Waals surface area contributed by atoms with E-state index in [9.17, 15) is 5.11 Å². The highest BCUT2D eigenvalue weighted by Gasteiger charge is 2.15. The number of aliphatic hydroxyl groups excluding tert-OH is 1. The highest BCUT2D eigenvalue weighted by atomic mass is 35.5. The smallest absolute Gasteiger partial charge is 0.225 e. The van der Waals surface area contributed by atoms with Crippen LogP contribution < -0.4 is 10.6 Å². The summed E-state index contributed by atoms with van der Waals surface area (Å²) in [5.74, 6) is 1.36. The van der Waals surface area contributed by atoms with Crippen molar-refractivity contribution in [2.45, 2.75) is 26.4 Å². The Balaban J connectivity index is 1.87. The first-order valence-electron chi connectivity index (χ1n) is 9.21. The Bertz CT molecular complexity index is 887. The van der Waals surface area contributed by atoms with E-state index < -0.39 is 0 Å². The molecule has 1 atom stereocenters. The van der Waals surface area contributed by atoms with Crippen LogP contribution in [0.4, 0.5) is 11.8 Å². The maximum absolute atomic E-state index is 9.63. The largest absolute Gasteiger partial charge is 0.394 e. The number of nitrogens with zero attached hydrogens (tertiary/aromatic N) is 3. The topological polar surface area (TPSA) is 83.0 Å². The fourth-order valence-electron chi connectivity index (χ4n) is 2.63. The number of aromatic nitrogens is 3. The lowest BCUT2D eigenvalue weighted by atomic mass is 10.1. The van der Waals surface area contributed by atoms with E-state index >= 15 is 0 Å². The fraction of sp³-hybridized carbons (Fsp3) is 0.286. The fourth-order valence-corrected chi connectivity index (χ4v) is 2.76. The van der Waals surface area contributed by atoms with E-state index in [1.54, 1.807) is 6.20 Å². The molecule has 0 saturated carbocycles. The summed E-state index contributed by atoms with van der Waals surface area (Å²) in [6.07, 6.45) is 1.73. The van der Waals surface area contributed by atoms with Gasteiger partial charge in [-0.05, 0) is 35.7 Å². The molecular weight excluding hydrogens is 374 g/mol. The van der Waals surface area contributed by atoms with Gasteiger partial charge < -0.3 is 15.7 Å². The van der Waals surface area contributed by atoms with Crippen molar-refractivity contribution in [2.24, 2.45) is 5.92 Å². The highest BCUT2D eigenvalue weighted by molar-refractivity contribution is 6.30. The van der Waals surface area contributed by atoms with Crippen molar-refractivity contribution in [2.75, 3.05) is 17.2 Å². The van der Waals surface area contributed by atoms with Gasteiger partial charge in [-0.15, -0.1) is 0 Å². The van der Waals surface area contributed by atoms with Gasteiger partial charge in [0.2, 0.25) is 5.95 Å². The molecule has 6 nitrogen and oxygen atoms in total. The summed E-state index contributed by atoms with van der Waals surface area (Å²) < 4.78 is 0. The number of anilines is 2. The van der Waals surface area contributed by atoms with Gasteiger partial charge in [-0.2, -0.15) is 4.98 Å². The van der Waals surface area contributed by atoms with Crippen molar-refractivity contribution in [3.05, 3.63) is 65.3 Å². The molecule has 146 valence electrons. The Morgan fingerprint density at radius 1 is 1.04 bits per heavy atom. The molecule has 0 unspecified atom stereocenters. The number of hydrogen-bond acceptors (Lipinski definition) is 6. The van der Waals surface area contributed by atoms with E-state index in [4.69, 9.17) is 11.6 Å². The first kappa shape index (κ1) is 20.0. The maximum Gasteiger partial charge on any atom is 0.225 e. The van der Waals surface area contributed by atoms with Crippen LogP contribution in [0.5, 0.6) is 0 Å². The number of nitrogens with one attached hydrogen (secondary N) is 2. The van der Waals surface area contributed by atoms with Crippen molar-refractivity contribution in [1.29, 1.82) is 0 Å². The van der Waals surface area contributed by atoms with Crippen LogP contribution in [0.3, 0.4) is 0 Å². The van der Waals surface area contributed by atoms with Crippen LogP contribution in [0.25, 0.3) is 11.4 Å². The third kappa shape index (κ3) is 5.41. The van der Waals surface area contributed by atoms with Crippen molar-refractivity contribution in [3.8, 4) is 11.4 Å². The van der Waals surface area contributed by atoms with Crippen LogP contribution >= 0.6 is 11.6 Å². The summed E-state index contributed by atoms with van der Waals surface area (Å²) in [6.45, 7) is 4.68. The van der Waals surface area contributed by atoms with E-state index in [1.807, 2.05) is 62.4 Å². The molecule has 0 bridgehead atoms. The van der Waals surface area contributed by atoms with Gasteiger partial charge in [0, 0.05) is 23.8 Å². The molecule has 3 N–H and O–H groups in total. The molecule has 3 aromatic rings. The van der Waals surface area contributed by atoms with Crippen LogP contribution in [0.15, 0.2) is 54.7 Å². The molecule has 0 radical (unpaired) electrons. The van der Waals surface area contributed by atoms with Gasteiger partial charge in [-0.3, -0.25) is 4.98 Å². The molecule has 0 aliphatic heterocycles. The molecule has 0 aliphatic rings. The van der Waals surface area contributed by atoms with Crippen LogP contribution in [0, 0.1) is 5.92 Å². The molecule has 2 aromatic heterocycles. The number of rotatable bonds is 8. The average molecular weight is 398 g/mol. The van der Waals surface area contributed by atoms with Crippen molar-refractivity contribution < 1.29 is 5.11 Å². The van der Waals surface area contributed by atoms with Gasteiger partial charge in [0.15, 0.2) is 0 Å². The molecule has 0 amide bonds. The summed E-state index contributed by atoms with van der Waals surface area (Å²) in [5, 5.41) is 16.9. The van der Waals surface area contributed by atoms with Gasteiger partial charge in [-0.1, -0.05) is 43.6 Å². The lowest BCUT2D eigenvalue weighted by Crippen LogP contribution is -2.30. The van der Waals surface area contributed by atoms with Gasteiger partial charge in [-0.25, -0.2) is 4.98 Å². The molecule has 2 heterocycles. The molecule has 0 spiro atoms. The van der Waals surface area contributed by atoms with Crippen molar-refractivity contribution in [3.63, 3.8) is 0 Å². The minimum atomic E-state index is -0.136. The summed E-state index contributed by atoms with van der Waals surface area (Å²) in [5.41, 5.74) is 2.55. The molecule has 0 aliphatic carbocycles. The van der Waals surface area contributed by atoms with Crippen LogP contribution in [-0.4, -0.2) is 32.7 Å². The predicted octanol–water partition coefficient (Wildman–Crippen LogP) is 4.23. The molecule has 3 rings (SSSR count). The normalized spacial score (nSPS) is 12.0. The molecule has 0 fully saturated rings. The second-order valence-electron chi connectivity index (χ2n) is 6.83. The molecule has 0 saturated heterocycles. The van der Waals surface area contributed by atoms with Crippen LogP contribution in [-0.2, 0) is 6.54 Å².